The first-order valence-electron chi connectivity index (χ1n) is 6.38. The van der Waals surface area contributed by atoms with Crippen LogP contribution in [0.3, 0.4) is 0 Å². The smallest absolute Gasteiger partial charge is 0.244 e. The van der Waals surface area contributed by atoms with Gasteiger partial charge in [0, 0.05) is 5.02 Å². The zero-order valence-electron chi connectivity index (χ0n) is 11.1. The van der Waals surface area contributed by atoms with Gasteiger partial charge in [0.2, 0.25) is 5.91 Å². The summed E-state index contributed by atoms with van der Waals surface area (Å²) in [6.07, 6.45) is 1.64. The normalized spacial score (nSPS) is 10.7. The van der Waals surface area contributed by atoms with Gasteiger partial charge < -0.3 is 15.6 Å². The van der Waals surface area contributed by atoms with Gasteiger partial charge in [-0.15, -0.1) is 0 Å². The molecule has 6 heteroatoms. The van der Waals surface area contributed by atoms with E-state index in [1.807, 2.05) is 24.3 Å². The van der Waals surface area contributed by atoms with Gasteiger partial charge in [-0.3, -0.25) is 4.79 Å². The van der Waals surface area contributed by atoms with E-state index in [0.29, 0.717) is 16.4 Å². The van der Waals surface area contributed by atoms with Crippen molar-refractivity contribution in [3.8, 4) is 0 Å². The van der Waals surface area contributed by atoms with Gasteiger partial charge in [0.15, 0.2) is 0 Å². The average Bonchev–Trinajstić information content (AvgIpc) is 2.86. The Balaban J connectivity index is 1.79. The Hall–Kier alpha value is -2.53. The Morgan fingerprint density at radius 3 is 2.95 bits per heavy atom. The van der Waals surface area contributed by atoms with Crippen molar-refractivity contribution in [2.24, 2.45) is 0 Å². The van der Waals surface area contributed by atoms with Crippen LogP contribution < -0.4 is 11.1 Å². The quantitative estimate of drug-likeness (QED) is 0.730. The minimum Gasteiger partial charge on any atom is -0.397 e. The molecule has 1 heterocycles. The zero-order chi connectivity index (χ0) is 14.8. The first-order chi connectivity index (χ1) is 10.1. The molecule has 0 unspecified atom stereocenters. The number of nitrogens with two attached hydrogens (primary N) is 1. The lowest BCUT2D eigenvalue weighted by molar-refractivity contribution is -0.116. The van der Waals surface area contributed by atoms with Crippen molar-refractivity contribution < 1.29 is 4.79 Å². The number of nitrogens with one attached hydrogen (secondary N) is 1. The van der Waals surface area contributed by atoms with Crippen LogP contribution >= 0.6 is 11.6 Å². The fraction of sp³-hybridized carbons (Fsp3) is 0.0667. The summed E-state index contributed by atoms with van der Waals surface area (Å²) in [7, 11) is 0. The van der Waals surface area contributed by atoms with Crippen LogP contribution in [0, 0.1) is 0 Å². The number of anilines is 2. The number of nitrogens with zero attached hydrogens (tertiary/aromatic N) is 2. The van der Waals surface area contributed by atoms with Crippen molar-refractivity contribution in [1.29, 1.82) is 0 Å². The molecule has 0 spiro atoms. The molecule has 21 heavy (non-hydrogen) atoms. The predicted molar refractivity (Wildman–Crippen MR) is 84.2 cm³/mol. The van der Waals surface area contributed by atoms with Crippen molar-refractivity contribution in [3.05, 3.63) is 53.8 Å². The van der Waals surface area contributed by atoms with E-state index in [1.165, 1.54) is 0 Å². The number of benzene rings is 2. The molecule has 106 valence electrons. The molecule has 0 bridgehead atoms. The molecule has 0 aliphatic carbocycles. The van der Waals surface area contributed by atoms with Gasteiger partial charge in [-0.25, -0.2) is 4.98 Å². The summed E-state index contributed by atoms with van der Waals surface area (Å²) in [6.45, 7) is 0.159. The summed E-state index contributed by atoms with van der Waals surface area (Å²) in [4.78, 5) is 16.4. The number of carbonyl (C=O) groups is 1. The maximum atomic E-state index is 12.1. The lowest BCUT2D eigenvalue weighted by Gasteiger charge is -2.09. The third kappa shape index (κ3) is 2.83. The standard InChI is InChI=1S/C15H13ClN4O/c16-10-5-6-11(17)13(7-10)19-15(21)8-20-9-18-12-3-1-2-4-14(12)20/h1-7,9H,8,17H2,(H,19,21). The molecular weight excluding hydrogens is 288 g/mol. The molecule has 1 amide bonds. The third-order valence-electron chi connectivity index (χ3n) is 3.13. The first-order valence-corrected chi connectivity index (χ1v) is 6.76. The van der Waals surface area contributed by atoms with Crippen LogP contribution in [0.5, 0.6) is 0 Å². The summed E-state index contributed by atoms with van der Waals surface area (Å²) in [6, 6.07) is 12.6. The van der Waals surface area contributed by atoms with Crippen LogP contribution in [0.4, 0.5) is 11.4 Å². The van der Waals surface area contributed by atoms with Gasteiger partial charge in [0.1, 0.15) is 6.54 Å². The molecule has 3 N–H and O–H groups in total. The largest absolute Gasteiger partial charge is 0.397 e. The van der Waals surface area contributed by atoms with Crippen molar-refractivity contribution >= 4 is 39.9 Å². The van der Waals surface area contributed by atoms with E-state index in [9.17, 15) is 4.79 Å². The van der Waals surface area contributed by atoms with E-state index in [4.69, 9.17) is 17.3 Å². The molecule has 2 aromatic carbocycles. The number of para-hydroxylation sites is 2. The van der Waals surface area contributed by atoms with Gasteiger partial charge in [0.05, 0.1) is 28.7 Å². The fourth-order valence-electron chi connectivity index (χ4n) is 2.12. The summed E-state index contributed by atoms with van der Waals surface area (Å²) < 4.78 is 1.78. The molecular formula is C15H13ClN4O. The Morgan fingerprint density at radius 2 is 2.10 bits per heavy atom. The van der Waals surface area contributed by atoms with Gasteiger partial charge in [-0.1, -0.05) is 23.7 Å². The van der Waals surface area contributed by atoms with Crippen LogP contribution in [0.25, 0.3) is 11.0 Å². The summed E-state index contributed by atoms with van der Waals surface area (Å²) in [5.74, 6) is -0.188. The van der Waals surface area contributed by atoms with Gasteiger partial charge >= 0.3 is 0 Å². The molecule has 5 nitrogen and oxygen atoms in total. The van der Waals surface area contributed by atoms with Crippen LogP contribution in [-0.2, 0) is 11.3 Å². The van der Waals surface area contributed by atoms with Crippen molar-refractivity contribution in [2.75, 3.05) is 11.1 Å². The predicted octanol–water partition coefficient (Wildman–Crippen LogP) is 2.91. The number of aromatic nitrogens is 2. The van der Waals surface area contributed by atoms with E-state index in [-0.39, 0.29) is 12.5 Å². The van der Waals surface area contributed by atoms with Crippen LogP contribution in [0.2, 0.25) is 5.02 Å². The lowest BCUT2D eigenvalue weighted by atomic mass is 10.2. The molecule has 3 rings (SSSR count). The van der Waals surface area contributed by atoms with E-state index >= 15 is 0 Å². The minimum absolute atomic E-state index is 0.159. The maximum Gasteiger partial charge on any atom is 0.244 e. The third-order valence-corrected chi connectivity index (χ3v) is 3.37. The van der Waals surface area contributed by atoms with E-state index in [0.717, 1.165) is 11.0 Å². The molecule has 0 aliphatic heterocycles. The molecule has 0 fully saturated rings. The molecule has 0 saturated heterocycles. The van der Waals surface area contributed by atoms with Crippen LogP contribution in [-0.4, -0.2) is 15.5 Å². The van der Waals surface area contributed by atoms with Crippen molar-refractivity contribution in [3.63, 3.8) is 0 Å². The van der Waals surface area contributed by atoms with E-state index < -0.39 is 0 Å². The highest BCUT2D eigenvalue weighted by molar-refractivity contribution is 6.31. The van der Waals surface area contributed by atoms with E-state index in [1.54, 1.807) is 29.1 Å². The monoisotopic (exact) mass is 300 g/mol. The molecule has 0 aliphatic rings. The summed E-state index contributed by atoms with van der Waals surface area (Å²) in [5, 5.41) is 3.28. The molecule has 0 radical (unpaired) electrons. The molecule has 0 atom stereocenters. The number of fused-ring (bicyclic) bond motifs is 1. The van der Waals surface area contributed by atoms with Gasteiger partial charge in [-0.2, -0.15) is 0 Å². The van der Waals surface area contributed by atoms with Crippen LogP contribution in [0.15, 0.2) is 48.8 Å². The number of hydrogen-bond donors (Lipinski definition) is 2. The number of amides is 1. The Bertz CT molecular complexity index is 812. The highest BCUT2D eigenvalue weighted by atomic mass is 35.5. The number of nitrogen functional groups attached to an aromatic ring is 1. The lowest BCUT2D eigenvalue weighted by Crippen LogP contribution is -2.19. The zero-order valence-corrected chi connectivity index (χ0v) is 11.8. The summed E-state index contributed by atoms with van der Waals surface area (Å²) in [5.41, 5.74) is 8.56. The maximum absolute atomic E-state index is 12.1. The molecule has 3 aromatic rings. The number of rotatable bonds is 3. The molecule has 1 aromatic heterocycles. The Labute approximate surface area is 126 Å². The topological polar surface area (TPSA) is 72.9 Å². The SMILES string of the molecule is Nc1ccc(Cl)cc1NC(=O)Cn1cnc2ccccc21. The highest BCUT2D eigenvalue weighted by Crippen LogP contribution is 2.23. The highest BCUT2D eigenvalue weighted by Gasteiger charge is 2.09. The second kappa shape index (κ2) is 5.46. The average molecular weight is 301 g/mol. The second-order valence-electron chi connectivity index (χ2n) is 4.64. The van der Waals surface area contributed by atoms with Crippen molar-refractivity contribution in [1.82, 2.24) is 9.55 Å². The molecule has 0 saturated carbocycles. The second-order valence-corrected chi connectivity index (χ2v) is 5.08. The number of hydrogen-bond acceptors (Lipinski definition) is 3. The fourth-order valence-corrected chi connectivity index (χ4v) is 2.29. The van der Waals surface area contributed by atoms with Gasteiger partial charge in [0.25, 0.3) is 0 Å². The number of halogens is 1. The van der Waals surface area contributed by atoms with Crippen LogP contribution in [0.1, 0.15) is 0 Å². The summed E-state index contributed by atoms with van der Waals surface area (Å²) >= 11 is 5.90. The Kier molecular flexibility index (Phi) is 3.50. The number of imidazole rings is 1. The van der Waals surface area contributed by atoms with E-state index in [2.05, 4.69) is 10.3 Å². The Morgan fingerprint density at radius 1 is 1.29 bits per heavy atom. The van der Waals surface area contributed by atoms with Crippen molar-refractivity contribution in [2.45, 2.75) is 6.54 Å². The first kappa shape index (κ1) is 13.5. The number of carbonyl (C=O) groups excluding carboxylic acids is 1. The minimum atomic E-state index is -0.188. The van der Waals surface area contributed by atoms with Gasteiger partial charge in [-0.05, 0) is 30.3 Å².